The van der Waals surface area contributed by atoms with Crippen LogP contribution in [0, 0.1) is 0 Å². The molecule has 1 nitrogen and oxygen atoms in total. The standard InChI is InChI=1S/C11H16OS/c1-3-13-10(2)12-9-11-7-5-4-6-8-11/h4-8,10H,3,9H2,1-2H3. The minimum Gasteiger partial charge on any atom is -0.363 e. The first-order chi connectivity index (χ1) is 6.33. The van der Waals surface area contributed by atoms with Crippen molar-refractivity contribution < 1.29 is 4.74 Å². The van der Waals surface area contributed by atoms with Crippen LogP contribution in [0.4, 0.5) is 0 Å². The third-order valence-corrected chi connectivity index (χ3v) is 2.67. The molecule has 2 heteroatoms. The molecule has 0 aliphatic heterocycles. The van der Waals surface area contributed by atoms with Crippen LogP contribution in [-0.2, 0) is 11.3 Å². The SMILES string of the molecule is CCSC(C)OCc1ccccc1. The molecule has 0 aliphatic rings. The molecule has 1 rings (SSSR count). The highest BCUT2D eigenvalue weighted by Crippen LogP contribution is 2.13. The maximum Gasteiger partial charge on any atom is 0.100 e. The first-order valence-corrected chi connectivity index (χ1v) is 5.65. The lowest BCUT2D eigenvalue weighted by Crippen LogP contribution is -2.03. The van der Waals surface area contributed by atoms with Crippen LogP contribution >= 0.6 is 11.8 Å². The zero-order chi connectivity index (χ0) is 9.52. The van der Waals surface area contributed by atoms with E-state index in [2.05, 4.69) is 26.0 Å². The Labute approximate surface area is 84.5 Å². The molecule has 0 N–H and O–H groups in total. The molecule has 0 aromatic heterocycles. The van der Waals surface area contributed by atoms with E-state index in [9.17, 15) is 0 Å². The van der Waals surface area contributed by atoms with Crippen molar-refractivity contribution in [3.8, 4) is 0 Å². The lowest BCUT2D eigenvalue weighted by Gasteiger charge is -2.11. The summed E-state index contributed by atoms with van der Waals surface area (Å²) < 4.78 is 5.63. The van der Waals surface area contributed by atoms with Crippen molar-refractivity contribution in [1.29, 1.82) is 0 Å². The van der Waals surface area contributed by atoms with Crippen molar-refractivity contribution in [2.75, 3.05) is 5.75 Å². The molecule has 0 fully saturated rings. The van der Waals surface area contributed by atoms with E-state index < -0.39 is 0 Å². The van der Waals surface area contributed by atoms with Gasteiger partial charge in [0.25, 0.3) is 0 Å². The van der Waals surface area contributed by atoms with Crippen LogP contribution in [0.25, 0.3) is 0 Å². The van der Waals surface area contributed by atoms with Crippen LogP contribution in [0.5, 0.6) is 0 Å². The Balaban J connectivity index is 2.27. The summed E-state index contributed by atoms with van der Waals surface area (Å²) >= 11 is 1.83. The van der Waals surface area contributed by atoms with Gasteiger partial charge in [0.15, 0.2) is 0 Å². The van der Waals surface area contributed by atoms with Gasteiger partial charge in [0.2, 0.25) is 0 Å². The van der Waals surface area contributed by atoms with Gasteiger partial charge in [0, 0.05) is 0 Å². The highest BCUT2D eigenvalue weighted by Gasteiger charge is 2.00. The second-order valence-electron chi connectivity index (χ2n) is 2.82. The van der Waals surface area contributed by atoms with Gasteiger partial charge in [-0.3, -0.25) is 0 Å². The van der Waals surface area contributed by atoms with E-state index in [1.807, 2.05) is 30.0 Å². The first-order valence-electron chi connectivity index (χ1n) is 4.60. The summed E-state index contributed by atoms with van der Waals surface area (Å²) in [7, 11) is 0. The Kier molecular flexibility index (Phi) is 4.94. The molecule has 0 radical (unpaired) electrons. The molecule has 0 saturated carbocycles. The number of hydrogen-bond acceptors (Lipinski definition) is 2. The fourth-order valence-electron chi connectivity index (χ4n) is 1.07. The third-order valence-electron chi connectivity index (χ3n) is 1.73. The number of rotatable bonds is 5. The number of benzene rings is 1. The van der Waals surface area contributed by atoms with Crippen molar-refractivity contribution in [3.63, 3.8) is 0 Å². The minimum atomic E-state index is 0.296. The average Bonchev–Trinajstić information content (AvgIpc) is 2.17. The van der Waals surface area contributed by atoms with Crippen LogP contribution in [0.15, 0.2) is 30.3 Å². The van der Waals surface area contributed by atoms with Gasteiger partial charge in [-0.1, -0.05) is 37.3 Å². The predicted octanol–water partition coefficient (Wildman–Crippen LogP) is 3.30. The van der Waals surface area contributed by atoms with Gasteiger partial charge >= 0.3 is 0 Å². The quantitative estimate of drug-likeness (QED) is 0.668. The molecule has 72 valence electrons. The molecule has 1 unspecified atom stereocenters. The molecule has 0 bridgehead atoms. The largest absolute Gasteiger partial charge is 0.363 e. The first kappa shape index (κ1) is 10.6. The van der Waals surface area contributed by atoms with Crippen LogP contribution in [-0.4, -0.2) is 11.2 Å². The molecule has 0 aliphatic carbocycles. The summed E-state index contributed by atoms with van der Waals surface area (Å²) in [6, 6.07) is 10.3. The normalized spacial score (nSPS) is 12.8. The van der Waals surface area contributed by atoms with Crippen LogP contribution in [0.2, 0.25) is 0 Å². The Hall–Kier alpha value is -0.470. The second-order valence-corrected chi connectivity index (χ2v) is 4.39. The van der Waals surface area contributed by atoms with Gasteiger partial charge in [-0.2, -0.15) is 0 Å². The Morgan fingerprint density at radius 3 is 2.62 bits per heavy atom. The fraction of sp³-hybridized carbons (Fsp3) is 0.455. The number of thioether (sulfide) groups is 1. The van der Waals surface area contributed by atoms with Gasteiger partial charge in [-0.15, -0.1) is 11.8 Å². The number of hydrogen-bond donors (Lipinski definition) is 0. The Morgan fingerprint density at radius 2 is 2.00 bits per heavy atom. The monoisotopic (exact) mass is 196 g/mol. The predicted molar refractivity (Wildman–Crippen MR) is 58.8 cm³/mol. The highest BCUT2D eigenvalue weighted by atomic mass is 32.2. The molecular weight excluding hydrogens is 180 g/mol. The van der Waals surface area contributed by atoms with E-state index in [1.165, 1.54) is 5.56 Å². The van der Waals surface area contributed by atoms with E-state index in [0.717, 1.165) is 12.4 Å². The smallest absolute Gasteiger partial charge is 0.100 e. The molecule has 1 atom stereocenters. The van der Waals surface area contributed by atoms with Crippen molar-refractivity contribution in [1.82, 2.24) is 0 Å². The van der Waals surface area contributed by atoms with Crippen molar-refractivity contribution in [2.45, 2.75) is 25.9 Å². The van der Waals surface area contributed by atoms with Crippen LogP contribution in [0.3, 0.4) is 0 Å². The van der Waals surface area contributed by atoms with Gasteiger partial charge in [0.05, 0.1) is 6.61 Å². The summed E-state index contributed by atoms with van der Waals surface area (Å²) in [4.78, 5) is 0. The second kappa shape index (κ2) is 6.06. The maximum absolute atomic E-state index is 5.63. The van der Waals surface area contributed by atoms with Gasteiger partial charge in [0.1, 0.15) is 5.44 Å². The molecule has 0 heterocycles. The van der Waals surface area contributed by atoms with Crippen molar-refractivity contribution in [3.05, 3.63) is 35.9 Å². The van der Waals surface area contributed by atoms with E-state index in [-0.39, 0.29) is 0 Å². The lowest BCUT2D eigenvalue weighted by molar-refractivity contribution is 0.110. The number of ether oxygens (including phenoxy) is 1. The van der Waals surface area contributed by atoms with Crippen LogP contribution < -0.4 is 0 Å². The van der Waals surface area contributed by atoms with E-state index >= 15 is 0 Å². The van der Waals surface area contributed by atoms with E-state index in [1.54, 1.807) is 0 Å². The molecule has 1 aromatic carbocycles. The van der Waals surface area contributed by atoms with Gasteiger partial charge in [-0.05, 0) is 18.2 Å². The van der Waals surface area contributed by atoms with Gasteiger partial charge in [-0.25, -0.2) is 0 Å². The zero-order valence-corrected chi connectivity index (χ0v) is 9.01. The lowest BCUT2D eigenvalue weighted by atomic mass is 10.2. The summed E-state index contributed by atoms with van der Waals surface area (Å²) in [5.41, 5.74) is 1.54. The Bertz CT molecular complexity index is 223. The fourth-order valence-corrected chi connectivity index (χ4v) is 1.70. The summed E-state index contributed by atoms with van der Waals surface area (Å²) in [5, 5.41) is 0. The minimum absolute atomic E-state index is 0.296. The Morgan fingerprint density at radius 1 is 1.31 bits per heavy atom. The maximum atomic E-state index is 5.63. The summed E-state index contributed by atoms with van der Waals surface area (Å²) in [6.45, 7) is 4.96. The molecule has 0 saturated heterocycles. The molecule has 0 spiro atoms. The molecule has 0 amide bonds. The topological polar surface area (TPSA) is 9.23 Å². The van der Waals surface area contributed by atoms with Crippen molar-refractivity contribution >= 4 is 11.8 Å². The zero-order valence-electron chi connectivity index (χ0n) is 8.19. The molecular formula is C11H16OS. The van der Waals surface area contributed by atoms with E-state index in [4.69, 9.17) is 4.74 Å². The highest BCUT2D eigenvalue weighted by molar-refractivity contribution is 7.99. The van der Waals surface area contributed by atoms with Crippen LogP contribution in [0.1, 0.15) is 19.4 Å². The van der Waals surface area contributed by atoms with Gasteiger partial charge < -0.3 is 4.74 Å². The molecule has 13 heavy (non-hydrogen) atoms. The summed E-state index contributed by atoms with van der Waals surface area (Å²) in [6.07, 6.45) is 0. The third kappa shape index (κ3) is 4.34. The summed E-state index contributed by atoms with van der Waals surface area (Å²) in [5.74, 6) is 1.11. The average molecular weight is 196 g/mol. The van der Waals surface area contributed by atoms with E-state index in [0.29, 0.717) is 5.44 Å². The van der Waals surface area contributed by atoms with Crippen molar-refractivity contribution in [2.24, 2.45) is 0 Å². The molecule has 1 aromatic rings.